The number of aromatic nitrogens is 2. The SMILES string of the molecule is Cc1cc([C@@H]2[C@H](c3ccccn3)NC(=S)N2Cc2ccco2)c(C)n1-c1ccc(C(=O)O)cc1. The first-order valence-corrected chi connectivity index (χ1v) is 11.4. The van der Waals surface area contributed by atoms with Crippen LogP contribution in [0.15, 0.2) is 77.5 Å². The minimum Gasteiger partial charge on any atom is -0.478 e. The molecule has 4 aromatic rings. The van der Waals surface area contributed by atoms with Gasteiger partial charge in [-0.15, -0.1) is 0 Å². The maximum atomic E-state index is 11.3. The van der Waals surface area contributed by atoms with Gasteiger partial charge in [0.15, 0.2) is 5.11 Å². The summed E-state index contributed by atoms with van der Waals surface area (Å²) in [6.07, 6.45) is 3.46. The predicted molar refractivity (Wildman–Crippen MR) is 132 cm³/mol. The molecule has 1 fully saturated rings. The molecule has 0 aliphatic carbocycles. The molecule has 2 N–H and O–H groups in total. The standard InChI is InChI=1S/C26H24N4O3S/c1-16-14-21(17(2)30(16)19-10-8-18(9-11-19)25(31)32)24-23(22-7-3-4-12-27-22)28-26(34)29(24)15-20-6-5-13-33-20/h3-14,23-24H,15H2,1-2H3,(H,28,34)(H,31,32)/t23-,24+/m0/s1. The Bertz CT molecular complexity index is 1330. The highest BCUT2D eigenvalue weighted by atomic mass is 32.1. The summed E-state index contributed by atoms with van der Waals surface area (Å²) >= 11 is 5.77. The minimum absolute atomic E-state index is 0.106. The molecule has 0 spiro atoms. The number of aryl methyl sites for hydroxylation is 1. The third-order valence-electron chi connectivity index (χ3n) is 6.27. The van der Waals surface area contributed by atoms with E-state index in [9.17, 15) is 9.90 Å². The van der Waals surface area contributed by atoms with Gasteiger partial charge in [0.1, 0.15) is 5.76 Å². The van der Waals surface area contributed by atoms with E-state index in [1.807, 2.05) is 42.5 Å². The van der Waals surface area contributed by atoms with Crippen molar-refractivity contribution in [1.82, 2.24) is 19.8 Å². The number of rotatable bonds is 6. The number of nitrogens with zero attached hydrogens (tertiary/aromatic N) is 3. The first-order valence-electron chi connectivity index (χ1n) is 11.0. The van der Waals surface area contributed by atoms with Crippen molar-refractivity contribution in [3.05, 3.63) is 107 Å². The lowest BCUT2D eigenvalue weighted by Crippen LogP contribution is -2.29. The van der Waals surface area contributed by atoms with Crippen LogP contribution in [-0.4, -0.2) is 30.6 Å². The van der Waals surface area contributed by atoms with Gasteiger partial charge in [-0.1, -0.05) is 6.07 Å². The van der Waals surface area contributed by atoms with Crippen molar-refractivity contribution in [2.75, 3.05) is 0 Å². The molecule has 7 nitrogen and oxygen atoms in total. The lowest BCUT2D eigenvalue weighted by Gasteiger charge is -2.27. The van der Waals surface area contributed by atoms with Crippen LogP contribution in [0.2, 0.25) is 0 Å². The lowest BCUT2D eigenvalue weighted by atomic mass is 9.96. The van der Waals surface area contributed by atoms with E-state index in [2.05, 4.69) is 39.7 Å². The molecule has 0 amide bonds. The highest BCUT2D eigenvalue weighted by Gasteiger charge is 2.41. The molecule has 34 heavy (non-hydrogen) atoms. The van der Waals surface area contributed by atoms with Crippen LogP contribution in [0.1, 0.15) is 50.8 Å². The average molecular weight is 473 g/mol. The zero-order valence-corrected chi connectivity index (χ0v) is 19.6. The van der Waals surface area contributed by atoms with Crippen LogP contribution in [0.3, 0.4) is 0 Å². The van der Waals surface area contributed by atoms with Gasteiger partial charge in [-0.3, -0.25) is 4.98 Å². The van der Waals surface area contributed by atoms with Gasteiger partial charge < -0.3 is 24.3 Å². The third kappa shape index (κ3) is 3.86. The highest BCUT2D eigenvalue weighted by Crippen LogP contribution is 2.42. The summed E-state index contributed by atoms with van der Waals surface area (Å²) in [5, 5.41) is 13.4. The average Bonchev–Trinajstić information content (AvgIpc) is 3.54. The van der Waals surface area contributed by atoms with E-state index in [0.29, 0.717) is 11.7 Å². The van der Waals surface area contributed by atoms with Crippen LogP contribution in [0, 0.1) is 13.8 Å². The number of carboxylic acids is 1. The number of thiocarbonyl (C=S) groups is 1. The predicted octanol–water partition coefficient (Wildman–Crippen LogP) is 4.95. The number of carboxylic acid groups (broad SMARTS) is 1. The molecule has 2 atom stereocenters. The van der Waals surface area contributed by atoms with E-state index in [1.165, 1.54) is 0 Å². The van der Waals surface area contributed by atoms with Gasteiger partial charge in [0.05, 0.1) is 36.1 Å². The minimum atomic E-state index is -0.939. The van der Waals surface area contributed by atoms with Crippen LogP contribution in [0.4, 0.5) is 0 Å². The van der Waals surface area contributed by atoms with Crippen LogP contribution >= 0.6 is 12.2 Å². The van der Waals surface area contributed by atoms with E-state index < -0.39 is 5.97 Å². The molecule has 1 aromatic carbocycles. The van der Waals surface area contributed by atoms with Gasteiger partial charge in [-0.05, 0) is 86.2 Å². The molecule has 0 saturated carbocycles. The molecule has 1 aliphatic rings. The lowest BCUT2D eigenvalue weighted by molar-refractivity contribution is 0.0697. The van der Waals surface area contributed by atoms with E-state index in [1.54, 1.807) is 24.6 Å². The van der Waals surface area contributed by atoms with Crippen molar-refractivity contribution in [2.24, 2.45) is 0 Å². The number of benzene rings is 1. The van der Waals surface area contributed by atoms with Crippen LogP contribution in [0.25, 0.3) is 5.69 Å². The van der Waals surface area contributed by atoms with Crippen molar-refractivity contribution in [3.63, 3.8) is 0 Å². The summed E-state index contributed by atoms with van der Waals surface area (Å²) in [5.41, 5.74) is 5.30. The molecule has 4 heterocycles. The molecular weight excluding hydrogens is 448 g/mol. The Morgan fingerprint density at radius 1 is 1.15 bits per heavy atom. The monoisotopic (exact) mass is 472 g/mol. The molecule has 8 heteroatoms. The van der Waals surface area contributed by atoms with Crippen LogP contribution in [-0.2, 0) is 6.54 Å². The fraction of sp³-hybridized carbons (Fsp3) is 0.192. The molecule has 3 aromatic heterocycles. The smallest absolute Gasteiger partial charge is 0.335 e. The van der Waals surface area contributed by atoms with Crippen molar-refractivity contribution < 1.29 is 14.3 Å². The summed E-state index contributed by atoms with van der Waals surface area (Å²) in [6.45, 7) is 4.66. The van der Waals surface area contributed by atoms with Gasteiger partial charge in [0.25, 0.3) is 0 Å². The number of nitrogens with one attached hydrogen (secondary N) is 1. The summed E-state index contributed by atoms with van der Waals surface area (Å²) in [7, 11) is 0. The number of furan rings is 1. The second-order valence-electron chi connectivity index (χ2n) is 8.35. The topological polar surface area (TPSA) is 83.5 Å². The molecule has 0 radical (unpaired) electrons. The van der Waals surface area contributed by atoms with Gasteiger partial charge in [0, 0.05) is 23.3 Å². The maximum absolute atomic E-state index is 11.3. The van der Waals surface area contributed by atoms with E-state index in [4.69, 9.17) is 16.6 Å². The molecule has 172 valence electrons. The Hall–Kier alpha value is -3.91. The van der Waals surface area contributed by atoms with Crippen LogP contribution < -0.4 is 5.32 Å². The molecule has 0 bridgehead atoms. The van der Waals surface area contributed by atoms with Crippen LogP contribution in [0.5, 0.6) is 0 Å². The fourth-order valence-electron chi connectivity index (χ4n) is 4.72. The quantitative estimate of drug-likeness (QED) is 0.384. The van der Waals surface area contributed by atoms with Crippen molar-refractivity contribution >= 4 is 23.3 Å². The second-order valence-corrected chi connectivity index (χ2v) is 8.73. The van der Waals surface area contributed by atoms with Crippen molar-refractivity contribution in [3.8, 4) is 5.69 Å². The summed E-state index contributed by atoms with van der Waals surface area (Å²) in [5.74, 6) is -0.112. The van der Waals surface area contributed by atoms with Gasteiger partial charge >= 0.3 is 5.97 Å². The number of hydrogen-bond donors (Lipinski definition) is 2. The zero-order chi connectivity index (χ0) is 23.8. The Balaban J connectivity index is 1.60. The van der Waals surface area contributed by atoms with Crippen molar-refractivity contribution in [1.29, 1.82) is 0 Å². The summed E-state index contributed by atoms with van der Waals surface area (Å²) in [6, 6.07) is 18.6. The molecular formula is C26H24N4O3S. The summed E-state index contributed by atoms with van der Waals surface area (Å²) < 4.78 is 7.77. The first-order chi connectivity index (χ1) is 16.4. The molecule has 5 rings (SSSR count). The Labute approximate surface area is 202 Å². The Morgan fingerprint density at radius 2 is 1.94 bits per heavy atom. The number of hydrogen-bond acceptors (Lipinski definition) is 4. The van der Waals surface area contributed by atoms with Gasteiger partial charge in [-0.2, -0.15) is 0 Å². The van der Waals surface area contributed by atoms with Gasteiger partial charge in [-0.25, -0.2) is 4.79 Å². The summed E-state index contributed by atoms with van der Waals surface area (Å²) in [4.78, 5) is 18.0. The normalized spacial score (nSPS) is 17.7. The number of aromatic carboxylic acids is 1. The van der Waals surface area contributed by atoms with E-state index in [0.717, 1.165) is 34.1 Å². The zero-order valence-electron chi connectivity index (χ0n) is 18.8. The van der Waals surface area contributed by atoms with Gasteiger partial charge in [0.2, 0.25) is 0 Å². The third-order valence-corrected chi connectivity index (χ3v) is 6.62. The number of carbonyl (C=O) groups is 1. The van der Waals surface area contributed by atoms with E-state index >= 15 is 0 Å². The Morgan fingerprint density at radius 3 is 2.59 bits per heavy atom. The molecule has 1 saturated heterocycles. The first kappa shape index (κ1) is 21.9. The number of pyridine rings is 1. The fourth-order valence-corrected chi connectivity index (χ4v) is 5.03. The maximum Gasteiger partial charge on any atom is 0.335 e. The molecule has 0 unspecified atom stereocenters. The second kappa shape index (κ2) is 8.79. The highest BCUT2D eigenvalue weighted by molar-refractivity contribution is 7.80. The Kier molecular flexibility index (Phi) is 5.67. The largest absolute Gasteiger partial charge is 0.478 e. The molecule has 1 aliphatic heterocycles. The van der Waals surface area contributed by atoms with Crippen molar-refractivity contribution in [2.45, 2.75) is 32.5 Å². The van der Waals surface area contributed by atoms with E-state index in [-0.39, 0.29) is 17.6 Å².